The van der Waals surface area contributed by atoms with Crippen molar-refractivity contribution >= 4 is 38.3 Å². The number of allylic oxidation sites excluding steroid dienone is 4. The van der Waals surface area contributed by atoms with Gasteiger partial charge in [0.1, 0.15) is 11.2 Å². The lowest BCUT2D eigenvalue weighted by molar-refractivity contribution is 0.669. The minimum Gasteiger partial charge on any atom is -0.456 e. The van der Waals surface area contributed by atoms with Crippen LogP contribution in [0.5, 0.6) is 0 Å². The molecule has 4 nitrogen and oxygen atoms in total. The van der Waals surface area contributed by atoms with Crippen molar-refractivity contribution in [3.05, 3.63) is 182 Å². The fraction of sp³-hybridized carbons (Fsp3) is 0.0408. The van der Waals surface area contributed by atoms with E-state index < -0.39 is 0 Å². The molecule has 0 saturated carbocycles. The zero-order valence-corrected chi connectivity index (χ0v) is 28.9. The van der Waals surface area contributed by atoms with E-state index in [0.29, 0.717) is 17.5 Å². The van der Waals surface area contributed by atoms with E-state index in [9.17, 15) is 0 Å². The molecule has 1 aliphatic rings. The molecule has 9 aromatic rings. The molecule has 10 rings (SSSR count). The highest BCUT2D eigenvalue weighted by Crippen LogP contribution is 2.39. The highest BCUT2D eigenvalue weighted by molar-refractivity contribution is 6.13. The number of benzene rings is 7. The minimum absolute atomic E-state index is 0.606. The smallest absolute Gasteiger partial charge is 0.164 e. The molecule has 4 heteroatoms. The highest BCUT2D eigenvalue weighted by Gasteiger charge is 2.19. The predicted molar refractivity (Wildman–Crippen MR) is 218 cm³/mol. The lowest BCUT2D eigenvalue weighted by atomic mass is 9.95. The Hall–Kier alpha value is -6.91. The van der Waals surface area contributed by atoms with Gasteiger partial charge in [-0.1, -0.05) is 158 Å². The van der Waals surface area contributed by atoms with Crippen LogP contribution in [0.1, 0.15) is 18.4 Å². The first-order valence-electron chi connectivity index (χ1n) is 18.1. The number of nitrogens with zero attached hydrogens (tertiary/aromatic N) is 3. The van der Waals surface area contributed by atoms with Crippen molar-refractivity contribution in [1.29, 1.82) is 0 Å². The molecule has 2 heterocycles. The van der Waals surface area contributed by atoms with Crippen LogP contribution in [0, 0.1) is 0 Å². The fourth-order valence-electron chi connectivity index (χ4n) is 7.49. The van der Waals surface area contributed by atoms with Gasteiger partial charge in [0, 0.05) is 27.5 Å². The molecule has 0 radical (unpaired) electrons. The van der Waals surface area contributed by atoms with Crippen molar-refractivity contribution in [1.82, 2.24) is 15.0 Å². The van der Waals surface area contributed by atoms with Crippen LogP contribution in [-0.2, 0) is 0 Å². The largest absolute Gasteiger partial charge is 0.456 e. The van der Waals surface area contributed by atoms with Crippen LogP contribution in [0.4, 0.5) is 0 Å². The summed E-state index contributed by atoms with van der Waals surface area (Å²) in [5.41, 5.74) is 11.5. The highest BCUT2D eigenvalue weighted by atomic mass is 16.3. The van der Waals surface area contributed by atoms with Gasteiger partial charge in [-0.05, 0) is 75.2 Å². The molecule has 0 N–H and O–H groups in total. The van der Waals surface area contributed by atoms with Crippen molar-refractivity contribution in [2.45, 2.75) is 12.8 Å². The summed E-state index contributed by atoms with van der Waals surface area (Å²) in [6, 6.07) is 55.1. The quantitative estimate of drug-likeness (QED) is 0.175. The van der Waals surface area contributed by atoms with Gasteiger partial charge in [0.15, 0.2) is 17.5 Å². The summed E-state index contributed by atoms with van der Waals surface area (Å²) >= 11 is 0. The van der Waals surface area contributed by atoms with Crippen LogP contribution in [0.25, 0.3) is 94.7 Å². The minimum atomic E-state index is 0.606. The average Bonchev–Trinajstić information content (AvgIpc) is 3.62. The van der Waals surface area contributed by atoms with Gasteiger partial charge in [0.05, 0.1) is 0 Å². The van der Waals surface area contributed by atoms with E-state index in [2.05, 4.69) is 133 Å². The first kappa shape index (κ1) is 30.9. The standard InChI is InChI=1S/C49H33N3O/c1-3-11-32(12-4-1)33-23-27-38(28-24-33)48-50-47(37-14-5-2-6-15-37)51-49(52-48)42-19-10-20-45-46(42)43-31-39(29-30-44(43)53-45)34-21-25-36(26-22-34)41-18-9-16-35-13-7-8-17-40(35)41/h2-3,5-31H,1,4H2. The molecule has 0 unspecified atom stereocenters. The Balaban J connectivity index is 1.08. The zero-order valence-electron chi connectivity index (χ0n) is 28.9. The maximum absolute atomic E-state index is 6.44. The van der Waals surface area contributed by atoms with Crippen molar-refractivity contribution in [3.63, 3.8) is 0 Å². The van der Waals surface area contributed by atoms with Gasteiger partial charge in [0.25, 0.3) is 0 Å². The summed E-state index contributed by atoms with van der Waals surface area (Å²) in [5.74, 6) is 1.86. The molecule has 53 heavy (non-hydrogen) atoms. The Morgan fingerprint density at radius 2 is 1.06 bits per heavy atom. The number of aromatic nitrogens is 3. The zero-order chi connectivity index (χ0) is 35.1. The summed E-state index contributed by atoms with van der Waals surface area (Å²) in [4.78, 5) is 15.2. The van der Waals surface area contributed by atoms with Gasteiger partial charge in [-0.2, -0.15) is 0 Å². The van der Waals surface area contributed by atoms with Gasteiger partial charge >= 0.3 is 0 Å². The van der Waals surface area contributed by atoms with Crippen LogP contribution in [0.2, 0.25) is 0 Å². The van der Waals surface area contributed by atoms with E-state index in [0.717, 1.165) is 62.6 Å². The lowest BCUT2D eigenvalue weighted by Crippen LogP contribution is -2.00. The Kier molecular flexibility index (Phi) is 7.58. The summed E-state index contributed by atoms with van der Waals surface area (Å²) in [7, 11) is 0. The van der Waals surface area contributed by atoms with Gasteiger partial charge in [-0.25, -0.2) is 15.0 Å². The SMILES string of the molecule is C1=CC(c2ccc(-c3nc(-c4ccccc4)nc(-c4cccc5oc6ccc(-c7ccc(-c8cccc9ccccc89)cc7)cc6c45)n3)cc2)=CCC1. The van der Waals surface area contributed by atoms with Crippen LogP contribution in [-0.4, -0.2) is 15.0 Å². The maximum Gasteiger partial charge on any atom is 0.164 e. The van der Waals surface area contributed by atoms with Crippen LogP contribution in [0.15, 0.2) is 180 Å². The maximum atomic E-state index is 6.44. The molecule has 0 fully saturated rings. The molecular weight excluding hydrogens is 647 g/mol. The number of rotatable bonds is 6. The van der Waals surface area contributed by atoms with E-state index in [-0.39, 0.29) is 0 Å². The Morgan fingerprint density at radius 1 is 0.415 bits per heavy atom. The van der Waals surface area contributed by atoms with E-state index in [1.54, 1.807) is 0 Å². The number of hydrogen-bond acceptors (Lipinski definition) is 4. The normalized spacial score (nSPS) is 12.8. The van der Waals surface area contributed by atoms with Crippen LogP contribution in [0.3, 0.4) is 0 Å². The monoisotopic (exact) mass is 679 g/mol. The molecule has 0 aliphatic heterocycles. The first-order chi connectivity index (χ1) is 26.2. The third-order valence-corrected chi connectivity index (χ3v) is 10.2. The topological polar surface area (TPSA) is 51.8 Å². The first-order valence-corrected chi connectivity index (χ1v) is 18.1. The predicted octanol–water partition coefficient (Wildman–Crippen LogP) is 13.0. The second-order valence-electron chi connectivity index (χ2n) is 13.5. The lowest BCUT2D eigenvalue weighted by Gasteiger charge is -2.11. The third-order valence-electron chi connectivity index (χ3n) is 10.2. The average molecular weight is 680 g/mol. The van der Waals surface area contributed by atoms with E-state index in [1.165, 1.54) is 33.0 Å². The van der Waals surface area contributed by atoms with Gasteiger partial charge in [-0.15, -0.1) is 0 Å². The van der Waals surface area contributed by atoms with Gasteiger partial charge < -0.3 is 4.42 Å². The summed E-state index contributed by atoms with van der Waals surface area (Å²) in [5, 5.41) is 4.50. The molecule has 0 amide bonds. The molecule has 7 aromatic carbocycles. The Bertz CT molecular complexity index is 2860. The van der Waals surface area contributed by atoms with Crippen molar-refractivity contribution in [3.8, 4) is 56.4 Å². The fourth-order valence-corrected chi connectivity index (χ4v) is 7.49. The molecule has 250 valence electrons. The summed E-state index contributed by atoms with van der Waals surface area (Å²) in [6.07, 6.45) is 8.90. The molecule has 0 saturated heterocycles. The molecule has 0 spiro atoms. The number of furan rings is 1. The van der Waals surface area contributed by atoms with E-state index in [1.807, 2.05) is 42.5 Å². The Morgan fingerprint density at radius 3 is 1.87 bits per heavy atom. The van der Waals surface area contributed by atoms with Crippen molar-refractivity contribution in [2.75, 3.05) is 0 Å². The van der Waals surface area contributed by atoms with Gasteiger partial charge in [0.2, 0.25) is 0 Å². The molecular formula is C49H33N3O. The van der Waals surface area contributed by atoms with E-state index >= 15 is 0 Å². The number of fused-ring (bicyclic) bond motifs is 4. The number of hydrogen-bond donors (Lipinski definition) is 0. The summed E-state index contributed by atoms with van der Waals surface area (Å²) in [6.45, 7) is 0. The van der Waals surface area contributed by atoms with Crippen molar-refractivity contribution < 1.29 is 4.42 Å². The third kappa shape index (κ3) is 5.71. The Labute approximate surface area is 307 Å². The molecule has 0 bridgehead atoms. The molecule has 1 aliphatic carbocycles. The molecule has 2 aromatic heterocycles. The van der Waals surface area contributed by atoms with Crippen LogP contribution < -0.4 is 0 Å². The van der Waals surface area contributed by atoms with E-state index in [4.69, 9.17) is 19.4 Å². The second-order valence-corrected chi connectivity index (χ2v) is 13.5. The van der Waals surface area contributed by atoms with Crippen LogP contribution >= 0.6 is 0 Å². The second kappa shape index (κ2) is 13.0. The molecule has 0 atom stereocenters. The summed E-state index contributed by atoms with van der Waals surface area (Å²) < 4.78 is 6.44. The van der Waals surface area contributed by atoms with Crippen molar-refractivity contribution in [2.24, 2.45) is 0 Å². The van der Waals surface area contributed by atoms with Gasteiger partial charge in [-0.3, -0.25) is 0 Å².